The smallest absolute Gasteiger partial charge is 0.254 e. The Balaban J connectivity index is 1.33. The van der Waals surface area contributed by atoms with Crippen LogP contribution in [0.25, 0.3) is 0 Å². The summed E-state index contributed by atoms with van der Waals surface area (Å²) >= 11 is 0. The number of imide groups is 1. The number of hydrogen-bond acceptors (Lipinski definition) is 4. The molecule has 0 aromatic heterocycles. The van der Waals surface area contributed by atoms with Crippen molar-refractivity contribution < 1.29 is 14.3 Å². The standard InChI is InChI=1S/C23H20N2O3/c26-22-20-16-10-11-17(12-16)21(20)23(27)25(22)24-13-18-8-4-5-9-19(18)28-14-15-6-2-1-3-7-15/h1-11,13,16-17,20-21H,12,14H2/b24-13-/t16-,17-,20+,21+/m0/s1. The topological polar surface area (TPSA) is 59.0 Å². The molecule has 5 rings (SSSR count). The summed E-state index contributed by atoms with van der Waals surface area (Å²) in [6.07, 6.45) is 6.63. The summed E-state index contributed by atoms with van der Waals surface area (Å²) in [5.74, 6) is 0.224. The molecule has 2 amide bonds. The van der Waals surface area contributed by atoms with Gasteiger partial charge in [0.05, 0.1) is 18.1 Å². The van der Waals surface area contributed by atoms with Gasteiger partial charge in [-0.1, -0.05) is 54.6 Å². The average molecular weight is 372 g/mol. The third-order valence-electron chi connectivity index (χ3n) is 5.92. The number of ether oxygens (including phenoxy) is 1. The Morgan fingerprint density at radius 3 is 2.29 bits per heavy atom. The zero-order valence-corrected chi connectivity index (χ0v) is 15.3. The molecular formula is C23H20N2O3. The molecule has 2 aliphatic carbocycles. The number of hydrogen-bond donors (Lipinski definition) is 0. The van der Waals surface area contributed by atoms with Crippen molar-refractivity contribution in [3.8, 4) is 5.75 Å². The van der Waals surface area contributed by atoms with Gasteiger partial charge in [-0.3, -0.25) is 9.59 Å². The van der Waals surface area contributed by atoms with E-state index in [0.717, 1.165) is 22.6 Å². The zero-order valence-electron chi connectivity index (χ0n) is 15.3. The van der Waals surface area contributed by atoms with E-state index >= 15 is 0 Å². The van der Waals surface area contributed by atoms with Gasteiger partial charge in [0.15, 0.2) is 0 Å². The van der Waals surface area contributed by atoms with Crippen LogP contribution in [0.15, 0.2) is 71.9 Å². The number of benzene rings is 2. The lowest BCUT2D eigenvalue weighted by molar-refractivity contribution is -0.140. The van der Waals surface area contributed by atoms with Crippen molar-refractivity contribution in [1.29, 1.82) is 0 Å². The molecule has 2 aromatic rings. The van der Waals surface area contributed by atoms with Crippen LogP contribution in [-0.4, -0.2) is 23.0 Å². The predicted molar refractivity (Wildman–Crippen MR) is 104 cm³/mol. The van der Waals surface area contributed by atoms with E-state index < -0.39 is 0 Å². The maximum atomic E-state index is 12.7. The van der Waals surface area contributed by atoms with Crippen molar-refractivity contribution in [2.24, 2.45) is 28.8 Å². The molecule has 0 spiro atoms. The monoisotopic (exact) mass is 372 g/mol. The Kier molecular flexibility index (Phi) is 4.08. The number of carbonyl (C=O) groups excluding carboxylic acids is 2. The van der Waals surface area contributed by atoms with E-state index in [-0.39, 0.29) is 35.5 Å². The number of amides is 2. The van der Waals surface area contributed by atoms with Gasteiger partial charge >= 0.3 is 0 Å². The van der Waals surface area contributed by atoms with Crippen molar-refractivity contribution in [3.63, 3.8) is 0 Å². The normalized spacial score (nSPS) is 27.8. The fraction of sp³-hybridized carbons (Fsp3) is 0.261. The van der Waals surface area contributed by atoms with Crippen LogP contribution in [0, 0.1) is 23.7 Å². The molecule has 3 aliphatic rings. The summed E-state index contributed by atoms with van der Waals surface area (Å²) in [7, 11) is 0. The highest BCUT2D eigenvalue weighted by Crippen LogP contribution is 2.52. The molecule has 28 heavy (non-hydrogen) atoms. The van der Waals surface area contributed by atoms with Crippen molar-refractivity contribution >= 4 is 18.0 Å². The minimum atomic E-state index is -0.232. The van der Waals surface area contributed by atoms with Gasteiger partial charge in [0.25, 0.3) is 11.8 Å². The number of rotatable bonds is 5. The maximum absolute atomic E-state index is 12.7. The van der Waals surface area contributed by atoms with Gasteiger partial charge in [-0.15, -0.1) is 0 Å². The fourth-order valence-electron chi connectivity index (χ4n) is 4.57. The lowest BCUT2D eigenvalue weighted by atomic mass is 9.85. The number of nitrogens with zero attached hydrogens (tertiary/aromatic N) is 2. The molecule has 2 aromatic carbocycles. The van der Waals surface area contributed by atoms with E-state index in [2.05, 4.69) is 17.3 Å². The molecule has 1 aliphatic heterocycles. The van der Waals surface area contributed by atoms with Crippen LogP contribution in [0.2, 0.25) is 0 Å². The van der Waals surface area contributed by atoms with Crippen LogP contribution in [-0.2, 0) is 16.2 Å². The number of carbonyl (C=O) groups is 2. The van der Waals surface area contributed by atoms with Gasteiger partial charge in [0, 0.05) is 5.56 Å². The highest BCUT2D eigenvalue weighted by Gasteiger charge is 2.59. The quantitative estimate of drug-likeness (QED) is 0.459. The minimum absolute atomic E-state index is 0.175. The minimum Gasteiger partial charge on any atom is -0.488 e. The van der Waals surface area contributed by atoms with E-state index in [1.165, 1.54) is 0 Å². The van der Waals surface area contributed by atoms with Crippen molar-refractivity contribution in [2.75, 3.05) is 0 Å². The number of allylic oxidation sites excluding steroid dienone is 2. The number of hydrazone groups is 1. The van der Waals surface area contributed by atoms with Crippen LogP contribution in [0.1, 0.15) is 17.5 Å². The van der Waals surface area contributed by atoms with Crippen molar-refractivity contribution in [2.45, 2.75) is 13.0 Å². The first kappa shape index (κ1) is 16.9. The van der Waals surface area contributed by atoms with Crippen LogP contribution in [0.4, 0.5) is 0 Å². The van der Waals surface area contributed by atoms with E-state index in [9.17, 15) is 9.59 Å². The molecule has 2 fully saturated rings. The summed E-state index contributed by atoms with van der Waals surface area (Å²) in [5, 5.41) is 5.32. The molecule has 0 N–H and O–H groups in total. The van der Waals surface area contributed by atoms with Crippen LogP contribution in [0.5, 0.6) is 5.75 Å². The van der Waals surface area contributed by atoms with Gasteiger partial charge in [0.2, 0.25) is 0 Å². The molecular weight excluding hydrogens is 352 g/mol. The van der Waals surface area contributed by atoms with E-state index in [0.29, 0.717) is 12.4 Å². The average Bonchev–Trinajstić information content (AvgIpc) is 3.41. The molecule has 1 saturated carbocycles. The Morgan fingerprint density at radius 2 is 1.57 bits per heavy atom. The first-order valence-corrected chi connectivity index (χ1v) is 9.58. The second kappa shape index (κ2) is 6.75. The molecule has 4 atom stereocenters. The van der Waals surface area contributed by atoms with E-state index in [1.54, 1.807) is 6.21 Å². The SMILES string of the molecule is O=C1[C@H]2[C@H](C(=O)N1/N=C\c1ccccc1OCc1ccccc1)[C@H]1C=C[C@H]2C1. The molecule has 140 valence electrons. The second-order valence-electron chi connectivity index (χ2n) is 7.54. The van der Waals surface area contributed by atoms with E-state index in [1.807, 2.05) is 54.6 Å². The van der Waals surface area contributed by atoms with Crippen LogP contribution >= 0.6 is 0 Å². The van der Waals surface area contributed by atoms with Crippen LogP contribution < -0.4 is 4.74 Å². The largest absolute Gasteiger partial charge is 0.488 e. The Hall–Kier alpha value is -3.21. The van der Waals surface area contributed by atoms with Gasteiger partial charge in [-0.25, -0.2) is 0 Å². The molecule has 5 heteroatoms. The molecule has 1 saturated heterocycles. The van der Waals surface area contributed by atoms with Crippen molar-refractivity contribution in [3.05, 3.63) is 77.9 Å². The third kappa shape index (κ3) is 2.74. The third-order valence-corrected chi connectivity index (χ3v) is 5.92. The molecule has 0 radical (unpaired) electrons. The summed E-state index contributed by atoms with van der Waals surface area (Å²) in [6.45, 7) is 0.437. The van der Waals surface area contributed by atoms with Crippen molar-refractivity contribution in [1.82, 2.24) is 5.01 Å². The molecule has 2 bridgehead atoms. The van der Waals surface area contributed by atoms with Gasteiger partial charge in [-0.05, 0) is 36.0 Å². The van der Waals surface area contributed by atoms with Gasteiger partial charge < -0.3 is 4.74 Å². The summed E-state index contributed by atoms with van der Waals surface area (Å²) in [4.78, 5) is 25.5. The fourth-order valence-corrected chi connectivity index (χ4v) is 4.57. The summed E-state index contributed by atoms with van der Waals surface area (Å²) in [5.41, 5.74) is 1.80. The van der Waals surface area contributed by atoms with Gasteiger partial charge in [0.1, 0.15) is 12.4 Å². The second-order valence-corrected chi connectivity index (χ2v) is 7.54. The number of fused-ring (bicyclic) bond motifs is 5. The first-order valence-electron chi connectivity index (χ1n) is 9.58. The Bertz CT molecular complexity index is 952. The highest BCUT2D eigenvalue weighted by atomic mass is 16.5. The van der Waals surface area contributed by atoms with Crippen LogP contribution in [0.3, 0.4) is 0 Å². The van der Waals surface area contributed by atoms with E-state index in [4.69, 9.17) is 4.74 Å². The lowest BCUT2D eigenvalue weighted by Crippen LogP contribution is -2.28. The maximum Gasteiger partial charge on any atom is 0.254 e. The number of para-hydroxylation sites is 1. The molecule has 0 unspecified atom stereocenters. The highest BCUT2D eigenvalue weighted by molar-refractivity contribution is 6.06. The van der Waals surface area contributed by atoms with Gasteiger partial charge in [-0.2, -0.15) is 10.1 Å². The lowest BCUT2D eigenvalue weighted by Gasteiger charge is -2.13. The molecule has 5 nitrogen and oxygen atoms in total. The predicted octanol–water partition coefficient (Wildman–Crippen LogP) is 3.41. The summed E-state index contributed by atoms with van der Waals surface area (Å²) in [6, 6.07) is 17.4. The Morgan fingerprint density at radius 1 is 0.929 bits per heavy atom. The Labute approximate surface area is 163 Å². The molecule has 1 heterocycles. The summed E-state index contributed by atoms with van der Waals surface area (Å²) < 4.78 is 5.92. The first-order chi connectivity index (χ1) is 13.7. The zero-order chi connectivity index (χ0) is 19.1.